The van der Waals surface area contributed by atoms with Crippen molar-refractivity contribution >= 4 is 33.1 Å². The van der Waals surface area contributed by atoms with E-state index in [-0.39, 0.29) is 11.8 Å². The lowest BCUT2D eigenvalue weighted by atomic mass is 9.85. The number of amides is 1. The van der Waals surface area contributed by atoms with Crippen molar-refractivity contribution in [1.82, 2.24) is 4.98 Å². The van der Waals surface area contributed by atoms with Crippen LogP contribution in [0.3, 0.4) is 0 Å². The number of anilines is 1. The zero-order valence-corrected chi connectivity index (χ0v) is 12.9. The number of rotatable bonds is 3. The highest BCUT2D eigenvalue weighted by Crippen LogP contribution is 2.32. The lowest BCUT2D eigenvalue weighted by molar-refractivity contribution is -0.122. The van der Waals surface area contributed by atoms with Gasteiger partial charge in [0.05, 0.1) is 10.2 Å². The van der Waals surface area contributed by atoms with Gasteiger partial charge in [0, 0.05) is 17.2 Å². The van der Waals surface area contributed by atoms with Crippen molar-refractivity contribution in [2.75, 3.05) is 5.32 Å². The van der Waals surface area contributed by atoms with Crippen molar-refractivity contribution < 1.29 is 4.79 Å². The Kier molecular flexibility index (Phi) is 3.39. The lowest BCUT2D eigenvalue weighted by Crippen LogP contribution is -2.27. The fourth-order valence-corrected chi connectivity index (χ4v) is 3.60. The third-order valence-corrected chi connectivity index (χ3v) is 5.23. The Labute approximate surface area is 133 Å². The van der Waals surface area contributed by atoms with Crippen LogP contribution in [0.5, 0.6) is 0 Å². The summed E-state index contributed by atoms with van der Waals surface area (Å²) >= 11 is 1.68. The standard InChI is InChI=1S/C18H16N2OS/c21-17(12-5-3-6-12)19-14-8-4-7-13(11-14)18-20-15-9-1-2-10-16(15)22-18/h1-2,4,7-12H,3,5-6H2,(H,19,21). The molecule has 0 aliphatic heterocycles. The molecule has 0 bridgehead atoms. The molecule has 3 nitrogen and oxygen atoms in total. The number of benzene rings is 2. The van der Waals surface area contributed by atoms with E-state index in [9.17, 15) is 4.79 Å². The first-order chi connectivity index (χ1) is 10.8. The minimum absolute atomic E-state index is 0.146. The zero-order chi connectivity index (χ0) is 14.9. The molecule has 4 heteroatoms. The van der Waals surface area contributed by atoms with Crippen LogP contribution in [0.25, 0.3) is 20.8 Å². The van der Waals surface area contributed by atoms with Gasteiger partial charge in [-0.15, -0.1) is 11.3 Å². The topological polar surface area (TPSA) is 42.0 Å². The van der Waals surface area contributed by atoms with Gasteiger partial charge < -0.3 is 5.32 Å². The molecule has 1 N–H and O–H groups in total. The molecule has 0 unspecified atom stereocenters. The number of carbonyl (C=O) groups excluding carboxylic acids is 1. The summed E-state index contributed by atoms with van der Waals surface area (Å²) in [6.45, 7) is 0. The monoisotopic (exact) mass is 308 g/mol. The average Bonchev–Trinajstić information content (AvgIpc) is 2.89. The van der Waals surface area contributed by atoms with Gasteiger partial charge in [-0.1, -0.05) is 30.7 Å². The minimum atomic E-state index is 0.146. The summed E-state index contributed by atoms with van der Waals surface area (Å²) in [5.74, 6) is 0.346. The van der Waals surface area contributed by atoms with Crippen molar-refractivity contribution in [3.63, 3.8) is 0 Å². The zero-order valence-electron chi connectivity index (χ0n) is 12.1. The Balaban J connectivity index is 1.61. The Bertz CT molecular complexity index is 803. The second-order valence-electron chi connectivity index (χ2n) is 5.68. The van der Waals surface area contributed by atoms with Gasteiger partial charge in [-0.25, -0.2) is 4.98 Å². The third kappa shape index (κ3) is 2.50. The van der Waals surface area contributed by atoms with Crippen LogP contribution in [0.15, 0.2) is 48.5 Å². The van der Waals surface area contributed by atoms with Crippen LogP contribution in [0.4, 0.5) is 5.69 Å². The van der Waals surface area contributed by atoms with Crippen molar-refractivity contribution in [3.8, 4) is 10.6 Å². The first-order valence-electron chi connectivity index (χ1n) is 7.56. The van der Waals surface area contributed by atoms with Gasteiger partial charge in [-0.05, 0) is 37.1 Å². The van der Waals surface area contributed by atoms with E-state index in [0.717, 1.165) is 34.6 Å². The summed E-state index contributed by atoms with van der Waals surface area (Å²) in [4.78, 5) is 16.7. The molecular formula is C18H16N2OS. The van der Waals surface area contributed by atoms with Gasteiger partial charge in [0.25, 0.3) is 0 Å². The molecule has 0 spiro atoms. The minimum Gasteiger partial charge on any atom is -0.326 e. The number of fused-ring (bicyclic) bond motifs is 1. The van der Waals surface area contributed by atoms with Gasteiger partial charge in [0.2, 0.25) is 5.91 Å². The molecule has 2 aromatic carbocycles. The van der Waals surface area contributed by atoms with Crippen molar-refractivity contribution in [3.05, 3.63) is 48.5 Å². The molecule has 0 saturated heterocycles. The molecule has 1 aromatic heterocycles. The van der Waals surface area contributed by atoms with Crippen molar-refractivity contribution in [2.45, 2.75) is 19.3 Å². The summed E-state index contributed by atoms with van der Waals surface area (Å²) < 4.78 is 1.18. The maximum absolute atomic E-state index is 12.1. The van der Waals surface area contributed by atoms with Gasteiger partial charge in [-0.2, -0.15) is 0 Å². The van der Waals surface area contributed by atoms with E-state index in [1.165, 1.54) is 11.1 Å². The van der Waals surface area contributed by atoms with Crippen LogP contribution in [0, 0.1) is 5.92 Å². The first-order valence-corrected chi connectivity index (χ1v) is 8.38. The molecule has 22 heavy (non-hydrogen) atoms. The Morgan fingerprint density at radius 3 is 2.77 bits per heavy atom. The van der Waals surface area contributed by atoms with Crippen molar-refractivity contribution in [2.24, 2.45) is 5.92 Å². The normalized spacial score (nSPS) is 14.7. The first kappa shape index (κ1) is 13.5. The summed E-state index contributed by atoms with van der Waals surface area (Å²) in [5.41, 5.74) is 2.92. The molecule has 4 rings (SSSR count). The second-order valence-corrected chi connectivity index (χ2v) is 6.72. The number of thiazole rings is 1. The van der Waals surface area contributed by atoms with Gasteiger partial charge >= 0.3 is 0 Å². The van der Waals surface area contributed by atoms with E-state index in [1.54, 1.807) is 11.3 Å². The Hall–Kier alpha value is -2.20. The summed E-state index contributed by atoms with van der Waals surface area (Å²) in [7, 11) is 0. The predicted molar refractivity (Wildman–Crippen MR) is 91.0 cm³/mol. The quantitative estimate of drug-likeness (QED) is 0.762. The summed E-state index contributed by atoms with van der Waals surface area (Å²) in [5, 5.41) is 4.01. The summed E-state index contributed by atoms with van der Waals surface area (Å²) in [6.07, 6.45) is 3.20. The lowest BCUT2D eigenvalue weighted by Gasteiger charge is -2.24. The SMILES string of the molecule is O=C(Nc1cccc(-c2nc3ccccc3s2)c1)C1CCC1. The van der Waals surface area contributed by atoms with Gasteiger partial charge in [0.15, 0.2) is 0 Å². The predicted octanol–water partition coefficient (Wildman–Crippen LogP) is 4.70. The maximum Gasteiger partial charge on any atom is 0.227 e. The van der Waals surface area contributed by atoms with E-state index in [0.29, 0.717) is 0 Å². The van der Waals surface area contributed by atoms with Gasteiger partial charge in [0.1, 0.15) is 5.01 Å². The molecule has 1 aliphatic carbocycles. The van der Waals surface area contributed by atoms with E-state index in [2.05, 4.69) is 16.4 Å². The van der Waals surface area contributed by atoms with Crippen LogP contribution in [-0.4, -0.2) is 10.9 Å². The van der Waals surface area contributed by atoms with Crippen LogP contribution in [0.2, 0.25) is 0 Å². The third-order valence-electron chi connectivity index (χ3n) is 4.15. The molecule has 1 fully saturated rings. The average molecular weight is 308 g/mol. The number of hydrogen-bond acceptors (Lipinski definition) is 3. The smallest absolute Gasteiger partial charge is 0.227 e. The molecule has 3 aromatic rings. The van der Waals surface area contributed by atoms with Crippen LogP contribution in [0.1, 0.15) is 19.3 Å². The molecule has 1 heterocycles. The van der Waals surface area contributed by atoms with E-state index in [4.69, 9.17) is 0 Å². The van der Waals surface area contributed by atoms with E-state index in [1.807, 2.05) is 42.5 Å². The van der Waals surface area contributed by atoms with Crippen LogP contribution in [-0.2, 0) is 4.79 Å². The molecule has 110 valence electrons. The highest BCUT2D eigenvalue weighted by Gasteiger charge is 2.25. The molecule has 1 amide bonds. The number of hydrogen-bond donors (Lipinski definition) is 1. The van der Waals surface area contributed by atoms with E-state index >= 15 is 0 Å². The molecule has 0 radical (unpaired) electrons. The molecule has 0 atom stereocenters. The number of para-hydroxylation sites is 1. The Morgan fingerprint density at radius 2 is 2.00 bits per heavy atom. The van der Waals surface area contributed by atoms with Crippen molar-refractivity contribution in [1.29, 1.82) is 0 Å². The van der Waals surface area contributed by atoms with E-state index < -0.39 is 0 Å². The molecular weight excluding hydrogens is 292 g/mol. The highest BCUT2D eigenvalue weighted by molar-refractivity contribution is 7.21. The maximum atomic E-state index is 12.1. The number of carbonyl (C=O) groups is 1. The number of aromatic nitrogens is 1. The van der Waals surface area contributed by atoms with Gasteiger partial charge in [-0.3, -0.25) is 4.79 Å². The van der Waals surface area contributed by atoms with Crippen LogP contribution >= 0.6 is 11.3 Å². The molecule has 1 aliphatic rings. The Morgan fingerprint density at radius 1 is 1.14 bits per heavy atom. The fourth-order valence-electron chi connectivity index (χ4n) is 2.64. The largest absolute Gasteiger partial charge is 0.326 e. The fraction of sp³-hybridized carbons (Fsp3) is 0.222. The number of nitrogens with zero attached hydrogens (tertiary/aromatic N) is 1. The summed E-state index contributed by atoms with van der Waals surface area (Å²) in [6, 6.07) is 16.1. The second kappa shape index (κ2) is 5.54. The van der Waals surface area contributed by atoms with Crippen LogP contribution < -0.4 is 5.32 Å². The highest BCUT2D eigenvalue weighted by atomic mass is 32.1. The molecule has 1 saturated carbocycles. The number of nitrogens with one attached hydrogen (secondary N) is 1.